The molecule has 1 aliphatic carbocycles. The fourth-order valence-electron chi connectivity index (χ4n) is 1.48. The number of rotatable bonds is 4. The van der Waals surface area contributed by atoms with Gasteiger partial charge in [-0.25, -0.2) is 0 Å². The van der Waals surface area contributed by atoms with Crippen LogP contribution >= 0.6 is 11.3 Å². The van der Waals surface area contributed by atoms with E-state index < -0.39 is 0 Å². The molecule has 1 N–H and O–H groups in total. The van der Waals surface area contributed by atoms with Crippen LogP contribution in [-0.4, -0.2) is 17.8 Å². The van der Waals surface area contributed by atoms with Gasteiger partial charge in [0.1, 0.15) is 0 Å². The van der Waals surface area contributed by atoms with Gasteiger partial charge in [-0.1, -0.05) is 11.8 Å². The molecule has 1 saturated carbocycles. The first-order valence-corrected chi connectivity index (χ1v) is 6.55. The molecule has 1 heterocycles. The van der Waals surface area contributed by atoms with Gasteiger partial charge in [0.25, 0.3) is 0 Å². The van der Waals surface area contributed by atoms with Crippen LogP contribution in [0.4, 0.5) is 0 Å². The molecule has 86 valence electrons. The van der Waals surface area contributed by atoms with E-state index in [9.17, 15) is 0 Å². The monoisotopic (exact) mass is 236 g/mol. The summed E-state index contributed by atoms with van der Waals surface area (Å²) in [4.78, 5) is 1.24. The van der Waals surface area contributed by atoms with Gasteiger partial charge in [-0.3, -0.25) is 0 Å². The molecule has 0 aromatic carbocycles. The van der Waals surface area contributed by atoms with Crippen LogP contribution < -0.4 is 0 Å². The molecule has 0 radical (unpaired) electrons. The van der Waals surface area contributed by atoms with Gasteiger partial charge in [-0.2, -0.15) is 0 Å². The molecule has 0 atom stereocenters. The standard InChI is InChI=1S/C13H16O2S/c14-7-2-1-4-11-8-13(16-10-11)9-15-12-5-3-6-12/h8,10,12,14H,2-3,5-7,9H2. The number of thiophene rings is 1. The first-order chi connectivity index (χ1) is 7.88. The second-order valence-electron chi connectivity index (χ2n) is 3.94. The summed E-state index contributed by atoms with van der Waals surface area (Å²) in [5.74, 6) is 5.94. The van der Waals surface area contributed by atoms with Gasteiger partial charge in [0, 0.05) is 22.2 Å². The molecule has 1 fully saturated rings. The van der Waals surface area contributed by atoms with E-state index in [1.54, 1.807) is 11.3 Å². The van der Waals surface area contributed by atoms with Gasteiger partial charge in [-0.15, -0.1) is 11.3 Å². The summed E-state index contributed by atoms with van der Waals surface area (Å²) in [7, 11) is 0. The summed E-state index contributed by atoms with van der Waals surface area (Å²) in [6, 6.07) is 2.08. The Morgan fingerprint density at radius 3 is 3.06 bits per heavy atom. The van der Waals surface area contributed by atoms with Gasteiger partial charge >= 0.3 is 0 Å². The maximum Gasteiger partial charge on any atom is 0.0813 e. The third kappa shape index (κ3) is 3.34. The number of aliphatic hydroxyl groups excluding tert-OH is 1. The molecule has 3 heteroatoms. The Morgan fingerprint density at radius 2 is 2.38 bits per heavy atom. The zero-order valence-electron chi connectivity index (χ0n) is 9.24. The van der Waals surface area contributed by atoms with Crippen LogP contribution in [-0.2, 0) is 11.3 Å². The van der Waals surface area contributed by atoms with E-state index in [0.29, 0.717) is 12.5 Å². The van der Waals surface area contributed by atoms with Crippen LogP contribution in [0.25, 0.3) is 0 Å². The zero-order valence-corrected chi connectivity index (χ0v) is 10.1. The van der Waals surface area contributed by atoms with Gasteiger partial charge in [0.2, 0.25) is 0 Å². The minimum Gasteiger partial charge on any atom is -0.395 e. The molecule has 2 nitrogen and oxygen atoms in total. The molecule has 0 spiro atoms. The van der Waals surface area contributed by atoms with Crippen molar-refractivity contribution in [2.24, 2.45) is 0 Å². The van der Waals surface area contributed by atoms with Crippen molar-refractivity contribution in [1.29, 1.82) is 0 Å². The SMILES string of the molecule is OCCC#Cc1csc(COC2CCC2)c1. The van der Waals surface area contributed by atoms with Crippen molar-refractivity contribution in [3.63, 3.8) is 0 Å². The molecule has 1 aromatic rings. The van der Waals surface area contributed by atoms with E-state index in [1.165, 1.54) is 24.1 Å². The summed E-state index contributed by atoms with van der Waals surface area (Å²) < 4.78 is 5.73. The normalized spacial score (nSPS) is 15.3. The molecule has 1 aromatic heterocycles. The van der Waals surface area contributed by atoms with Crippen LogP contribution in [0.15, 0.2) is 11.4 Å². The van der Waals surface area contributed by atoms with Gasteiger partial charge in [0.05, 0.1) is 19.3 Å². The first-order valence-electron chi connectivity index (χ1n) is 5.67. The first kappa shape index (κ1) is 11.7. The Labute approximate surface area is 100 Å². The van der Waals surface area contributed by atoms with Crippen molar-refractivity contribution in [2.75, 3.05) is 6.61 Å². The summed E-state index contributed by atoms with van der Waals surface area (Å²) in [6.07, 6.45) is 4.78. The average Bonchev–Trinajstić information content (AvgIpc) is 2.64. The summed E-state index contributed by atoms with van der Waals surface area (Å²) in [5.41, 5.74) is 1.03. The highest BCUT2D eigenvalue weighted by atomic mass is 32.1. The van der Waals surface area contributed by atoms with Gasteiger partial charge in [0.15, 0.2) is 0 Å². The molecular formula is C13H16O2S. The zero-order chi connectivity index (χ0) is 11.2. The van der Waals surface area contributed by atoms with Crippen molar-refractivity contribution >= 4 is 11.3 Å². The highest BCUT2D eigenvalue weighted by molar-refractivity contribution is 7.10. The fraction of sp³-hybridized carbons (Fsp3) is 0.538. The summed E-state index contributed by atoms with van der Waals surface area (Å²) in [6.45, 7) is 0.853. The lowest BCUT2D eigenvalue weighted by Gasteiger charge is -2.25. The Hall–Kier alpha value is -0.820. The van der Waals surface area contributed by atoms with E-state index in [4.69, 9.17) is 9.84 Å². The smallest absolute Gasteiger partial charge is 0.0813 e. The molecular weight excluding hydrogens is 220 g/mol. The van der Waals surface area contributed by atoms with Gasteiger partial charge < -0.3 is 9.84 Å². The highest BCUT2D eigenvalue weighted by Gasteiger charge is 2.17. The maximum atomic E-state index is 8.61. The van der Waals surface area contributed by atoms with Gasteiger partial charge in [-0.05, 0) is 25.3 Å². The highest BCUT2D eigenvalue weighted by Crippen LogP contribution is 2.24. The molecule has 0 saturated heterocycles. The second kappa shape index (κ2) is 6.05. The largest absolute Gasteiger partial charge is 0.395 e. The lowest BCUT2D eigenvalue weighted by Crippen LogP contribution is -2.20. The minimum absolute atomic E-state index is 0.134. The van der Waals surface area contributed by atoms with E-state index in [1.807, 2.05) is 5.38 Å². The number of aliphatic hydroxyl groups is 1. The number of hydrogen-bond donors (Lipinski definition) is 1. The third-order valence-electron chi connectivity index (χ3n) is 2.64. The predicted octanol–water partition coefficient (Wildman–Crippen LogP) is 2.55. The molecule has 0 aliphatic heterocycles. The fourth-order valence-corrected chi connectivity index (χ4v) is 2.22. The van der Waals surface area contributed by atoms with Crippen LogP contribution in [0, 0.1) is 11.8 Å². The minimum atomic E-state index is 0.134. The Morgan fingerprint density at radius 1 is 1.50 bits per heavy atom. The number of ether oxygens (including phenoxy) is 1. The third-order valence-corrected chi connectivity index (χ3v) is 3.55. The van der Waals surface area contributed by atoms with Crippen LogP contribution in [0.1, 0.15) is 36.1 Å². The van der Waals surface area contributed by atoms with Crippen molar-refractivity contribution in [3.8, 4) is 11.8 Å². The van der Waals surface area contributed by atoms with Crippen LogP contribution in [0.2, 0.25) is 0 Å². The molecule has 0 bridgehead atoms. The predicted molar refractivity (Wildman–Crippen MR) is 65.3 cm³/mol. The summed E-state index contributed by atoms with van der Waals surface area (Å²) in [5, 5.41) is 10.7. The lowest BCUT2D eigenvalue weighted by molar-refractivity contribution is -0.00744. The maximum absolute atomic E-state index is 8.61. The number of hydrogen-bond acceptors (Lipinski definition) is 3. The molecule has 0 unspecified atom stereocenters. The lowest BCUT2D eigenvalue weighted by atomic mass is 9.96. The Balaban J connectivity index is 1.80. The van der Waals surface area contributed by atoms with Crippen LogP contribution in [0.3, 0.4) is 0 Å². The topological polar surface area (TPSA) is 29.5 Å². The molecule has 16 heavy (non-hydrogen) atoms. The average molecular weight is 236 g/mol. The molecule has 1 aliphatic rings. The van der Waals surface area contributed by atoms with E-state index in [-0.39, 0.29) is 6.61 Å². The Bertz CT molecular complexity index is 382. The molecule has 2 rings (SSSR count). The molecule has 0 amide bonds. The van der Waals surface area contributed by atoms with Crippen molar-refractivity contribution in [3.05, 3.63) is 21.9 Å². The van der Waals surface area contributed by atoms with Crippen molar-refractivity contribution in [2.45, 2.75) is 38.4 Å². The van der Waals surface area contributed by atoms with E-state index in [0.717, 1.165) is 12.2 Å². The Kier molecular flexibility index (Phi) is 4.41. The van der Waals surface area contributed by atoms with E-state index >= 15 is 0 Å². The quantitative estimate of drug-likeness (QED) is 0.814. The van der Waals surface area contributed by atoms with Crippen molar-refractivity contribution < 1.29 is 9.84 Å². The van der Waals surface area contributed by atoms with Crippen LogP contribution in [0.5, 0.6) is 0 Å². The van der Waals surface area contributed by atoms with Crippen molar-refractivity contribution in [1.82, 2.24) is 0 Å². The van der Waals surface area contributed by atoms with E-state index in [2.05, 4.69) is 17.9 Å². The second-order valence-corrected chi connectivity index (χ2v) is 4.94. The summed E-state index contributed by atoms with van der Waals surface area (Å²) >= 11 is 1.69.